The fourth-order valence-corrected chi connectivity index (χ4v) is 3.89. The lowest BCUT2D eigenvalue weighted by atomic mass is 9.91. The van der Waals surface area contributed by atoms with Gasteiger partial charge in [-0.3, -0.25) is 9.78 Å². The molecule has 3 aromatic rings. The number of hydrogen-bond acceptors (Lipinski definition) is 4. The number of hydrogen-bond donors (Lipinski definition) is 0. The Balaban J connectivity index is 1.45. The van der Waals surface area contributed by atoms with Gasteiger partial charge in [0.25, 0.3) is 5.91 Å². The van der Waals surface area contributed by atoms with E-state index in [2.05, 4.69) is 34.2 Å². The van der Waals surface area contributed by atoms with E-state index in [1.54, 1.807) is 6.92 Å². The smallest absolute Gasteiger partial charge is 0.276 e. The van der Waals surface area contributed by atoms with Crippen molar-refractivity contribution in [2.45, 2.75) is 32.6 Å². The lowest BCUT2D eigenvalue weighted by Crippen LogP contribution is -2.32. The number of rotatable bonds is 3. The first-order valence-electron chi connectivity index (χ1n) is 9.24. The minimum atomic E-state index is -0.00809. The van der Waals surface area contributed by atoms with Gasteiger partial charge in [0.1, 0.15) is 5.76 Å². The predicted octanol–water partition coefficient (Wildman–Crippen LogP) is 4.02. The van der Waals surface area contributed by atoms with E-state index >= 15 is 0 Å². The Labute approximate surface area is 153 Å². The van der Waals surface area contributed by atoms with Crippen LogP contribution in [0.2, 0.25) is 0 Å². The van der Waals surface area contributed by atoms with Gasteiger partial charge in [0.15, 0.2) is 12.1 Å². The number of carbonyl (C=O) groups is 1. The third-order valence-corrected chi connectivity index (χ3v) is 5.33. The number of amides is 1. The molecule has 0 radical (unpaired) electrons. The van der Waals surface area contributed by atoms with Gasteiger partial charge < -0.3 is 9.32 Å². The zero-order chi connectivity index (χ0) is 17.9. The van der Waals surface area contributed by atoms with E-state index in [9.17, 15) is 4.79 Å². The molecule has 3 heterocycles. The molecule has 134 valence electrons. The van der Waals surface area contributed by atoms with Gasteiger partial charge in [0, 0.05) is 24.7 Å². The highest BCUT2D eigenvalue weighted by Gasteiger charge is 2.25. The van der Waals surface area contributed by atoms with Gasteiger partial charge in [0.05, 0.1) is 5.52 Å². The van der Waals surface area contributed by atoms with Gasteiger partial charge in [0.2, 0.25) is 0 Å². The number of pyridine rings is 1. The fourth-order valence-electron chi connectivity index (χ4n) is 3.89. The molecule has 1 aliphatic heterocycles. The van der Waals surface area contributed by atoms with Crippen LogP contribution in [0.15, 0.2) is 47.3 Å². The van der Waals surface area contributed by atoms with E-state index in [4.69, 9.17) is 4.42 Å². The molecule has 0 bridgehead atoms. The van der Waals surface area contributed by atoms with Crippen LogP contribution in [0.1, 0.15) is 41.1 Å². The average molecular weight is 349 g/mol. The van der Waals surface area contributed by atoms with Crippen molar-refractivity contribution in [2.75, 3.05) is 13.1 Å². The van der Waals surface area contributed by atoms with Crippen LogP contribution in [0.3, 0.4) is 0 Å². The summed E-state index contributed by atoms with van der Waals surface area (Å²) in [6.07, 6.45) is 7.40. The van der Waals surface area contributed by atoms with Gasteiger partial charge in [-0.05, 0) is 56.2 Å². The summed E-state index contributed by atoms with van der Waals surface area (Å²) < 4.78 is 5.18. The van der Waals surface area contributed by atoms with Crippen LogP contribution in [0.25, 0.3) is 10.9 Å². The van der Waals surface area contributed by atoms with E-state index in [0.29, 0.717) is 17.4 Å². The van der Waals surface area contributed by atoms with Crippen LogP contribution in [0.5, 0.6) is 0 Å². The summed E-state index contributed by atoms with van der Waals surface area (Å²) in [5.74, 6) is 1.17. The molecule has 2 aromatic heterocycles. The van der Waals surface area contributed by atoms with Crippen molar-refractivity contribution in [3.8, 4) is 0 Å². The Bertz CT molecular complexity index is 913. The maximum absolute atomic E-state index is 12.7. The predicted molar refractivity (Wildman–Crippen MR) is 99.9 cm³/mol. The highest BCUT2D eigenvalue weighted by Crippen LogP contribution is 2.26. The van der Waals surface area contributed by atoms with E-state index in [1.807, 2.05) is 17.2 Å². The van der Waals surface area contributed by atoms with Crippen molar-refractivity contribution in [1.82, 2.24) is 14.9 Å². The van der Waals surface area contributed by atoms with Crippen LogP contribution in [0.4, 0.5) is 0 Å². The lowest BCUT2D eigenvalue weighted by Gasteiger charge is -2.20. The number of likely N-dealkylation sites (tertiary alicyclic amines) is 1. The molecule has 0 spiro atoms. The number of benzene rings is 1. The molecule has 0 unspecified atom stereocenters. The van der Waals surface area contributed by atoms with Crippen molar-refractivity contribution >= 4 is 16.8 Å². The van der Waals surface area contributed by atoms with Crippen LogP contribution < -0.4 is 0 Å². The van der Waals surface area contributed by atoms with Gasteiger partial charge in [-0.2, -0.15) is 0 Å². The van der Waals surface area contributed by atoms with Crippen LogP contribution in [-0.4, -0.2) is 33.9 Å². The van der Waals surface area contributed by atoms with E-state index in [0.717, 1.165) is 44.3 Å². The second-order valence-corrected chi connectivity index (χ2v) is 7.04. The summed E-state index contributed by atoms with van der Waals surface area (Å²) >= 11 is 0. The van der Waals surface area contributed by atoms with Crippen molar-refractivity contribution < 1.29 is 9.21 Å². The molecule has 1 atom stereocenters. The first-order chi connectivity index (χ1) is 12.7. The first kappa shape index (κ1) is 16.8. The molecule has 1 aromatic carbocycles. The Kier molecular flexibility index (Phi) is 4.69. The molecular weight excluding hydrogens is 326 g/mol. The van der Waals surface area contributed by atoms with Crippen molar-refractivity contribution in [3.05, 3.63) is 59.9 Å². The first-order valence-corrected chi connectivity index (χ1v) is 9.24. The van der Waals surface area contributed by atoms with Crippen molar-refractivity contribution in [1.29, 1.82) is 0 Å². The SMILES string of the molecule is Cc1ocnc1C(=O)N1CCC[C@@H](Cc2cccc3ncccc23)CC1. The maximum atomic E-state index is 12.7. The molecule has 0 saturated carbocycles. The minimum Gasteiger partial charge on any atom is -0.448 e. The average Bonchev–Trinajstić information content (AvgIpc) is 2.95. The second-order valence-electron chi connectivity index (χ2n) is 7.04. The molecular formula is C21H23N3O2. The number of aryl methyl sites for hydroxylation is 1. The van der Waals surface area contributed by atoms with Crippen LogP contribution in [0, 0.1) is 12.8 Å². The number of carbonyl (C=O) groups excluding carboxylic acids is 1. The highest BCUT2D eigenvalue weighted by atomic mass is 16.3. The summed E-state index contributed by atoms with van der Waals surface area (Å²) in [5, 5.41) is 1.24. The van der Waals surface area contributed by atoms with Crippen molar-refractivity contribution in [3.63, 3.8) is 0 Å². The third kappa shape index (κ3) is 3.34. The molecule has 5 heteroatoms. The number of nitrogens with zero attached hydrogens (tertiary/aromatic N) is 3. The normalized spacial score (nSPS) is 18.0. The lowest BCUT2D eigenvalue weighted by molar-refractivity contribution is 0.0753. The molecule has 0 N–H and O–H groups in total. The largest absolute Gasteiger partial charge is 0.448 e. The van der Waals surface area contributed by atoms with Gasteiger partial charge in [-0.1, -0.05) is 18.2 Å². The third-order valence-electron chi connectivity index (χ3n) is 5.33. The Morgan fingerprint density at radius 1 is 1.19 bits per heavy atom. The van der Waals surface area contributed by atoms with Gasteiger partial charge >= 0.3 is 0 Å². The standard InChI is InChI=1S/C21H23N3O2/c1-15-20(23-14-26-15)21(25)24-11-4-5-16(9-12-24)13-17-6-2-8-19-18(17)7-3-10-22-19/h2-3,6-8,10,14,16H,4-5,9,11-13H2,1H3/t16-/m1/s1. The second kappa shape index (κ2) is 7.28. The summed E-state index contributed by atoms with van der Waals surface area (Å²) in [6.45, 7) is 3.35. The fraction of sp³-hybridized carbons (Fsp3) is 0.381. The van der Waals surface area contributed by atoms with E-state index in [-0.39, 0.29) is 5.91 Å². The topological polar surface area (TPSA) is 59.2 Å². The molecule has 4 rings (SSSR count). The summed E-state index contributed by atoms with van der Waals surface area (Å²) in [7, 11) is 0. The summed E-state index contributed by atoms with van der Waals surface area (Å²) in [4.78, 5) is 23.1. The monoisotopic (exact) mass is 349 g/mol. The molecule has 1 saturated heterocycles. The van der Waals surface area contributed by atoms with Crippen LogP contribution in [-0.2, 0) is 6.42 Å². The van der Waals surface area contributed by atoms with E-state index < -0.39 is 0 Å². The zero-order valence-electron chi connectivity index (χ0n) is 15.0. The summed E-state index contributed by atoms with van der Waals surface area (Å²) in [5.41, 5.74) is 2.85. The highest BCUT2D eigenvalue weighted by molar-refractivity contribution is 5.93. The van der Waals surface area contributed by atoms with Gasteiger partial charge in [-0.25, -0.2) is 4.98 Å². The number of aromatic nitrogens is 2. The summed E-state index contributed by atoms with van der Waals surface area (Å²) in [6, 6.07) is 10.5. The van der Waals surface area contributed by atoms with Gasteiger partial charge in [-0.15, -0.1) is 0 Å². The van der Waals surface area contributed by atoms with Crippen LogP contribution >= 0.6 is 0 Å². The molecule has 1 amide bonds. The molecule has 5 nitrogen and oxygen atoms in total. The Morgan fingerprint density at radius 2 is 2.12 bits per heavy atom. The molecule has 26 heavy (non-hydrogen) atoms. The van der Waals surface area contributed by atoms with E-state index in [1.165, 1.54) is 17.3 Å². The Morgan fingerprint density at radius 3 is 2.96 bits per heavy atom. The minimum absolute atomic E-state index is 0.00809. The Hall–Kier alpha value is -2.69. The van der Waals surface area contributed by atoms with Crippen molar-refractivity contribution in [2.24, 2.45) is 5.92 Å². The molecule has 0 aliphatic carbocycles. The maximum Gasteiger partial charge on any atom is 0.276 e. The molecule has 1 fully saturated rings. The number of oxazole rings is 1. The molecule has 1 aliphatic rings. The number of fused-ring (bicyclic) bond motifs is 1. The zero-order valence-corrected chi connectivity index (χ0v) is 15.0. The quantitative estimate of drug-likeness (QED) is 0.717.